The molecule has 2 aromatic rings. The smallest absolute Gasteiger partial charge is 0.180 e. The van der Waals surface area contributed by atoms with Crippen LogP contribution in [0.5, 0.6) is 0 Å². The molecule has 0 amide bonds. The fourth-order valence-electron chi connectivity index (χ4n) is 3.08. The van der Waals surface area contributed by atoms with Gasteiger partial charge in [-0.3, -0.25) is 4.98 Å². The van der Waals surface area contributed by atoms with Gasteiger partial charge in [0.1, 0.15) is 5.69 Å². The van der Waals surface area contributed by atoms with E-state index in [2.05, 4.69) is 20.3 Å². The molecule has 0 saturated carbocycles. The molecule has 2 atom stereocenters. The number of nitrogens with zero attached hydrogens (tertiary/aromatic N) is 4. The van der Waals surface area contributed by atoms with Gasteiger partial charge in [0, 0.05) is 24.6 Å². The molecule has 0 aliphatic carbocycles. The molecule has 2 aromatic heterocycles. The summed E-state index contributed by atoms with van der Waals surface area (Å²) in [7, 11) is 0. The average molecular weight is 253 g/mol. The van der Waals surface area contributed by atoms with Crippen molar-refractivity contribution in [3.63, 3.8) is 0 Å². The van der Waals surface area contributed by atoms with Crippen molar-refractivity contribution in [3.8, 4) is 11.5 Å². The predicted molar refractivity (Wildman–Crippen MR) is 70.3 cm³/mol. The van der Waals surface area contributed by atoms with Crippen LogP contribution in [0.4, 0.5) is 0 Å². The molecule has 2 aliphatic heterocycles. The molecule has 0 radical (unpaired) electrons. The fraction of sp³-hybridized carbons (Fsp3) is 0.429. The highest BCUT2D eigenvalue weighted by atomic mass is 15.0. The lowest BCUT2D eigenvalue weighted by molar-refractivity contribution is 0.296. The maximum Gasteiger partial charge on any atom is 0.180 e. The summed E-state index contributed by atoms with van der Waals surface area (Å²) >= 11 is 0. The van der Waals surface area contributed by atoms with Crippen LogP contribution in [0.1, 0.15) is 36.6 Å². The van der Waals surface area contributed by atoms with E-state index < -0.39 is 0 Å². The van der Waals surface area contributed by atoms with Crippen LogP contribution in [-0.2, 0) is 6.42 Å². The molecule has 1 fully saturated rings. The summed E-state index contributed by atoms with van der Waals surface area (Å²) < 4.78 is 0. The molecule has 5 nitrogen and oxygen atoms in total. The van der Waals surface area contributed by atoms with Crippen LogP contribution in [0.3, 0.4) is 0 Å². The number of aromatic nitrogens is 4. The van der Waals surface area contributed by atoms with E-state index in [1.54, 1.807) is 18.6 Å². The summed E-state index contributed by atoms with van der Waals surface area (Å²) in [5.41, 5.74) is 3.19. The predicted octanol–water partition coefficient (Wildman–Crippen LogP) is 1.67. The van der Waals surface area contributed by atoms with Gasteiger partial charge in [0.15, 0.2) is 5.82 Å². The normalized spacial score (nSPS) is 24.8. The summed E-state index contributed by atoms with van der Waals surface area (Å²) in [6.45, 7) is 0. The number of piperidine rings is 1. The summed E-state index contributed by atoms with van der Waals surface area (Å²) in [5, 5.41) is 3.66. The molecule has 2 unspecified atom stereocenters. The summed E-state index contributed by atoms with van der Waals surface area (Å²) in [6, 6.07) is 0.998. The molecule has 4 heterocycles. The molecule has 4 rings (SSSR count). The second-order valence-corrected chi connectivity index (χ2v) is 5.25. The molecule has 2 aliphatic rings. The SMILES string of the molecule is c1cnc(-c2ncc3c(n2)C2CCCC(C3)N2)cn1. The number of hydrogen-bond acceptors (Lipinski definition) is 5. The van der Waals surface area contributed by atoms with Crippen molar-refractivity contribution in [1.29, 1.82) is 0 Å². The van der Waals surface area contributed by atoms with Crippen molar-refractivity contribution < 1.29 is 0 Å². The molecule has 0 spiro atoms. The minimum Gasteiger partial charge on any atom is -0.305 e. The van der Waals surface area contributed by atoms with Crippen LogP contribution in [0, 0.1) is 0 Å². The van der Waals surface area contributed by atoms with E-state index in [1.165, 1.54) is 24.8 Å². The van der Waals surface area contributed by atoms with Crippen LogP contribution >= 0.6 is 0 Å². The summed E-state index contributed by atoms with van der Waals surface area (Å²) in [5.74, 6) is 0.678. The zero-order chi connectivity index (χ0) is 12.7. The number of hydrogen-bond donors (Lipinski definition) is 1. The van der Waals surface area contributed by atoms with Gasteiger partial charge in [0.2, 0.25) is 0 Å². The first-order valence-corrected chi connectivity index (χ1v) is 6.78. The van der Waals surface area contributed by atoms with E-state index in [4.69, 9.17) is 4.98 Å². The molecule has 2 bridgehead atoms. The van der Waals surface area contributed by atoms with E-state index in [9.17, 15) is 0 Å². The Labute approximate surface area is 111 Å². The van der Waals surface area contributed by atoms with Crippen molar-refractivity contribution in [2.24, 2.45) is 0 Å². The standard InChI is InChI=1S/C14H15N5/c1-2-10-6-9-7-17-14(12-8-15-4-5-16-12)19-13(9)11(3-1)18-10/h4-5,7-8,10-11,18H,1-3,6H2. The van der Waals surface area contributed by atoms with Gasteiger partial charge < -0.3 is 5.32 Å². The van der Waals surface area contributed by atoms with Crippen LogP contribution in [-0.4, -0.2) is 26.0 Å². The lowest BCUT2D eigenvalue weighted by Gasteiger charge is -2.36. The van der Waals surface area contributed by atoms with Crippen LogP contribution in [0.15, 0.2) is 24.8 Å². The second kappa shape index (κ2) is 4.35. The molecule has 96 valence electrons. The number of fused-ring (bicyclic) bond motifs is 4. The zero-order valence-corrected chi connectivity index (χ0v) is 10.6. The fourth-order valence-corrected chi connectivity index (χ4v) is 3.08. The highest BCUT2D eigenvalue weighted by Crippen LogP contribution is 2.33. The number of nitrogens with one attached hydrogen (secondary N) is 1. The first-order chi connectivity index (χ1) is 9.40. The van der Waals surface area contributed by atoms with Gasteiger partial charge >= 0.3 is 0 Å². The van der Waals surface area contributed by atoms with Crippen molar-refractivity contribution in [1.82, 2.24) is 25.3 Å². The van der Waals surface area contributed by atoms with Crippen molar-refractivity contribution in [2.75, 3.05) is 0 Å². The van der Waals surface area contributed by atoms with Crippen LogP contribution in [0.2, 0.25) is 0 Å². The third-order valence-electron chi connectivity index (χ3n) is 3.97. The molecule has 1 saturated heterocycles. The van der Waals surface area contributed by atoms with E-state index in [0.717, 1.165) is 17.8 Å². The maximum atomic E-state index is 4.73. The average Bonchev–Trinajstić information content (AvgIpc) is 2.48. The van der Waals surface area contributed by atoms with Crippen molar-refractivity contribution >= 4 is 0 Å². The Morgan fingerprint density at radius 2 is 2.11 bits per heavy atom. The van der Waals surface area contributed by atoms with Crippen LogP contribution < -0.4 is 5.32 Å². The van der Waals surface area contributed by atoms with Crippen molar-refractivity contribution in [3.05, 3.63) is 36.0 Å². The molecule has 5 heteroatoms. The topological polar surface area (TPSA) is 63.6 Å². The van der Waals surface area contributed by atoms with E-state index in [1.807, 2.05) is 6.20 Å². The van der Waals surface area contributed by atoms with E-state index in [-0.39, 0.29) is 0 Å². The quantitative estimate of drug-likeness (QED) is 0.837. The van der Waals surface area contributed by atoms with Gasteiger partial charge in [0.05, 0.1) is 17.9 Å². The Bertz CT molecular complexity index is 598. The number of rotatable bonds is 1. The minimum atomic E-state index is 0.390. The first-order valence-electron chi connectivity index (χ1n) is 6.78. The van der Waals surface area contributed by atoms with Gasteiger partial charge in [-0.25, -0.2) is 15.0 Å². The highest BCUT2D eigenvalue weighted by molar-refractivity contribution is 5.48. The lowest BCUT2D eigenvalue weighted by Crippen LogP contribution is -2.43. The van der Waals surface area contributed by atoms with Crippen LogP contribution in [0.25, 0.3) is 11.5 Å². The molecule has 1 N–H and O–H groups in total. The maximum absolute atomic E-state index is 4.73. The second-order valence-electron chi connectivity index (χ2n) is 5.25. The van der Waals surface area contributed by atoms with Gasteiger partial charge in [-0.15, -0.1) is 0 Å². The highest BCUT2D eigenvalue weighted by Gasteiger charge is 2.31. The Hall–Kier alpha value is -1.88. The first kappa shape index (κ1) is 11.0. The largest absolute Gasteiger partial charge is 0.305 e. The summed E-state index contributed by atoms with van der Waals surface area (Å²) in [6.07, 6.45) is 11.8. The zero-order valence-electron chi connectivity index (χ0n) is 10.6. The lowest BCUT2D eigenvalue weighted by atomic mass is 9.85. The Balaban J connectivity index is 1.78. The molecular formula is C14H15N5. The van der Waals surface area contributed by atoms with Crippen molar-refractivity contribution in [2.45, 2.75) is 37.8 Å². The Morgan fingerprint density at radius 3 is 3.00 bits per heavy atom. The third kappa shape index (κ3) is 1.90. The van der Waals surface area contributed by atoms with Gasteiger partial charge in [-0.1, -0.05) is 0 Å². The van der Waals surface area contributed by atoms with E-state index in [0.29, 0.717) is 17.9 Å². The Morgan fingerprint density at radius 1 is 1.11 bits per heavy atom. The summed E-state index contributed by atoms with van der Waals surface area (Å²) in [4.78, 5) is 17.5. The minimum absolute atomic E-state index is 0.390. The molecule has 0 aromatic carbocycles. The van der Waals surface area contributed by atoms with Gasteiger partial charge in [-0.2, -0.15) is 0 Å². The van der Waals surface area contributed by atoms with E-state index >= 15 is 0 Å². The van der Waals surface area contributed by atoms with Gasteiger partial charge in [-0.05, 0) is 31.2 Å². The van der Waals surface area contributed by atoms with Gasteiger partial charge in [0.25, 0.3) is 0 Å². The molecular weight excluding hydrogens is 238 g/mol. The Kier molecular flexibility index (Phi) is 2.51. The monoisotopic (exact) mass is 253 g/mol. The molecule has 19 heavy (non-hydrogen) atoms. The third-order valence-corrected chi connectivity index (χ3v) is 3.97.